The van der Waals surface area contributed by atoms with Crippen LogP contribution in [0.1, 0.15) is 60.4 Å². The Kier molecular flexibility index (Phi) is 4.42. The molecule has 1 amide bonds. The molecule has 0 spiro atoms. The van der Waals surface area contributed by atoms with Gasteiger partial charge in [0.2, 0.25) is 0 Å². The van der Waals surface area contributed by atoms with E-state index in [1.165, 1.54) is 12.1 Å². The van der Waals surface area contributed by atoms with Gasteiger partial charge in [0, 0.05) is 18.0 Å². The van der Waals surface area contributed by atoms with Gasteiger partial charge in [0.1, 0.15) is 5.82 Å². The number of likely N-dealkylation sites (tertiary alicyclic amines) is 1. The molecular weight excluding hydrogens is 343 g/mol. The van der Waals surface area contributed by atoms with E-state index in [4.69, 9.17) is 0 Å². The van der Waals surface area contributed by atoms with Gasteiger partial charge in [-0.3, -0.25) is 4.79 Å². The standard InChI is InChI=1S/C21H23FN4O/c1-13(2)26-20-16(12-23-26)11-18(14(3)24-20)21(27)25-10-4-5-19(25)15-6-8-17(22)9-7-15/h6-9,11-13,19H,4-5,10H2,1-3H3. The predicted molar refractivity (Wildman–Crippen MR) is 102 cm³/mol. The van der Waals surface area contributed by atoms with Crippen LogP contribution in [0.15, 0.2) is 36.5 Å². The molecule has 1 fully saturated rings. The lowest BCUT2D eigenvalue weighted by atomic mass is 10.0. The van der Waals surface area contributed by atoms with Gasteiger partial charge in [0.15, 0.2) is 5.65 Å². The number of benzene rings is 1. The first-order valence-corrected chi connectivity index (χ1v) is 9.37. The quantitative estimate of drug-likeness (QED) is 0.689. The number of rotatable bonds is 3. The van der Waals surface area contributed by atoms with Gasteiger partial charge in [-0.25, -0.2) is 14.1 Å². The van der Waals surface area contributed by atoms with Crippen LogP contribution in [0.4, 0.5) is 4.39 Å². The molecule has 1 aromatic carbocycles. The summed E-state index contributed by atoms with van der Waals surface area (Å²) in [6, 6.07) is 8.53. The van der Waals surface area contributed by atoms with Gasteiger partial charge in [-0.2, -0.15) is 5.10 Å². The molecule has 0 radical (unpaired) electrons. The van der Waals surface area contributed by atoms with Gasteiger partial charge in [0.05, 0.1) is 23.5 Å². The molecule has 6 heteroatoms. The maximum atomic E-state index is 13.3. The summed E-state index contributed by atoms with van der Waals surface area (Å²) in [4.78, 5) is 19.8. The van der Waals surface area contributed by atoms with Crippen molar-refractivity contribution in [1.82, 2.24) is 19.7 Å². The summed E-state index contributed by atoms with van der Waals surface area (Å²) in [5.41, 5.74) is 3.09. The van der Waals surface area contributed by atoms with Crippen molar-refractivity contribution in [2.75, 3.05) is 6.54 Å². The number of pyridine rings is 1. The molecule has 1 unspecified atom stereocenters. The van der Waals surface area contributed by atoms with Gasteiger partial charge >= 0.3 is 0 Å². The van der Waals surface area contributed by atoms with Crippen LogP contribution in [0.5, 0.6) is 0 Å². The molecule has 1 atom stereocenters. The van der Waals surface area contributed by atoms with E-state index < -0.39 is 0 Å². The second-order valence-electron chi connectivity index (χ2n) is 7.43. The van der Waals surface area contributed by atoms with E-state index in [9.17, 15) is 9.18 Å². The smallest absolute Gasteiger partial charge is 0.256 e. The molecule has 27 heavy (non-hydrogen) atoms. The third-order valence-electron chi connectivity index (χ3n) is 5.25. The molecule has 1 saturated heterocycles. The molecule has 1 aliphatic rings. The number of hydrogen-bond donors (Lipinski definition) is 0. The number of hydrogen-bond acceptors (Lipinski definition) is 3. The summed E-state index contributed by atoms with van der Waals surface area (Å²) >= 11 is 0. The minimum Gasteiger partial charge on any atom is -0.332 e. The number of aromatic nitrogens is 3. The average molecular weight is 366 g/mol. The Labute approximate surface area is 157 Å². The molecule has 0 N–H and O–H groups in total. The lowest BCUT2D eigenvalue weighted by Gasteiger charge is -2.25. The molecule has 0 saturated carbocycles. The summed E-state index contributed by atoms with van der Waals surface area (Å²) in [5, 5.41) is 5.27. The maximum Gasteiger partial charge on any atom is 0.256 e. The molecule has 5 nitrogen and oxygen atoms in total. The number of aryl methyl sites for hydroxylation is 1. The van der Waals surface area contributed by atoms with E-state index in [-0.39, 0.29) is 23.8 Å². The largest absolute Gasteiger partial charge is 0.332 e. The van der Waals surface area contributed by atoms with E-state index in [0.717, 1.165) is 29.4 Å². The first kappa shape index (κ1) is 17.6. The van der Waals surface area contributed by atoms with Crippen LogP contribution in [-0.4, -0.2) is 32.1 Å². The monoisotopic (exact) mass is 366 g/mol. The predicted octanol–water partition coefficient (Wildman–Crippen LogP) is 4.44. The highest BCUT2D eigenvalue weighted by Crippen LogP contribution is 2.34. The van der Waals surface area contributed by atoms with Crippen LogP contribution < -0.4 is 0 Å². The van der Waals surface area contributed by atoms with Crippen LogP contribution in [-0.2, 0) is 0 Å². The Morgan fingerprint density at radius 3 is 2.70 bits per heavy atom. The molecule has 3 heterocycles. The number of carbonyl (C=O) groups is 1. The van der Waals surface area contributed by atoms with Gasteiger partial charge in [0.25, 0.3) is 5.91 Å². The number of carbonyl (C=O) groups excluding carboxylic acids is 1. The van der Waals surface area contributed by atoms with E-state index >= 15 is 0 Å². The third kappa shape index (κ3) is 3.09. The van der Waals surface area contributed by atoms with E-state index in [0.29, 0.717) is 17.8 Å². The number of amides is 1. The number of fused-ring (bicyclic) bond motifs is 1. The molecule has 2 aromatic heterocycles. The van der Waals surface area contributed by atoms with E-state index in [1.807, 2.05) is 22.6 Å². The first-order chi connectivity index (χ1) is 13.0. The number of halogens is 1. The molecule has 0 aliphatic carbocycles. The lowest BCUT2D eigenvalue weighted by molar-refractivity contribution is 0.0734. The summed E-state index contributed by atoms with van der Waals surface area (Å²) in [6.45, 7) is 6.68. The van der Waals surface area contributed by atoms with E-state index in [1.54, 1.807) is 18.3 Å². The zero-order chi connectivity index (χ0) is 19.1. The zero-order valence-electron chi connectivity index (χ0n) is 15.8. The highest BCUT2D eigenvalue weighted by Gasteiger charge is 2.31. The summed E-state index contributed by atoms with van der Waals surface area (Å²) in [7, 11) is 0. The normalized spacial score (nSPS) is 17.2. The maximum absolute atomic E-state index is 13.3. The van der Waals surface area contributed by atoms with E-state index in [2.05, 4.69) is 23.9 Å². The van der Waals surface area contributed by atoms with Gasteiger partial charge < -0.3 is 4.90 Å². The molecular formula is C21H23FN4O. The van der Waals surface area contributed by atoms with Crippen LogP contribution in [0.25, 0.3) is 11.0 Å². The fraction of sp³-hybridized carbons (Fsp3) is 0.381. The molecule has 140 valence electrons. The molecule has 1 aliphatic heterocycles. The Morgan fingerprint density at radius 2 is 2.00 bits per heavy atom. The molecule has 0 bridgehead atoms. The minimum absolute atomic E-state index is 0.0217. The fourth-order valence-corrected chi connectivity index (χ4v) is 3.86. The Morgan fingerprint density at radius 1 is 1.26 bits per heavy atom. The van der Waals surface area contributed by atoms with Gasteiger partial charge in [-0.1, -0.05) is 12.1 Å². The van der Waals surface area contributed by atoms with Crippen molar-refractivity contribution in [3.63, 3.8) is 0 Å². The van der Waals surface area contributed by atoms with Crippen LogP contribution >= 0.6 is 0 Å². The van der Waals surface area contributed by atoms with Gasteiger partial charge in [-0.05, 0) is 57.4 Å². The lowest BCUT2D eigenvalue weighted by Crippen LogP contribution is -2.31. The Hall–Kier alpha value is -2.76. The van der Waals surface area contributed by atoms with Crippen molar-refractivity contribution in [2.24, 2.45) is 0 Å². The molecule has 3 aromatic rings. The Balaban J connectivity index is 1.69. The summed E-state index contributed by atoms with van der Waals surface area (Å²) < 4.78 is 15.1. The van der Waals surface area contributed by atoms with Crippen molar-refractivity contribution in [1.29, 1.82) is 0 Å². The third-order valence-corrected chi connectivity index (χ3v) is 5.25. The number of nitrogens with zero attached hydrogens (tertiary/aromatic N) is 4. The topological polar surface area (TPSA) is 51.0 Å². The first-order valence-electron chi connectivity index (χ1n) is 9.37. The van der Waals surface area contributed by atoms with Crippen molar-refractivity contribution in [3.05, 3.63) is 59.2 Å². The summed E-state index contributed by atoms with van der Waals surface area (Å²) in [5.74, 6) is -0.284. The Bertz CT molecular complexity index is 993. The highest BCUT2D eigenvalue weighted by molar-refractivity contribution is 5.98. The van der Waals surface area contributed by atoms with Crippen LogP contribution in [0.3, 0.4) is 0 Å². The van der Waals surface area contributed by atoms with Crippen molar-refractivity contribution in [2.45, 2.75) is 45.7 Å². The SMILES string of the molecule is Cc1nc2c(cnn2C(C)C)cc1C(=O)N1CCCC1c1ccc(F)cc1. The van der Waals surface area contributed by atoms with Crippen LogP contribution in [0, 0.1) is 12.7 Å². The second kappa shape index (κ2) is 6.76. The van der Waals surface area contributed by atoms with Crippen molar-refractivity contribution < 1.29 is 9.18 Å². The highest BCUT2D eigenvalue weighted by atomic mass is 19.1. The van der Waals surface area contributed by atoms with Gasteiger partial charge in [-0.15, -0.1) is 0 Å². The minimum atomic E-state index is -0.262. The summed E-state index contributed by atoms with van der Waals surface area (Å²) in [6.07, 6.45) is 3.59. The fourth-order valence-electron chi connectivity index (χ4n) is 3.86. The zero-order valence-corrected chi connectivity index (χ0v) is 15.8. The van der Waals surface area contributed by atoms with Crippen molar-refractivity contribution >= 4 is 16.9 Å². The van der Waals surface area contributed by atoms with Crippen molar-refractivity contribution in [3.8, 4) is 0 Å². The average Bonchev–Trinajstić information content (AvgIpc) is 3.27. The van der Waals surface area contributed by atoms with Crippen LogP contribution in [0.2, 0.25) is 0 Å². The second-order valence-corrected chi connectivity index (χ2v) is 7.43. The molecule has 4 rings (SSSR count).